The van der Waals surface area contributed by atoms with Crippen LogP contribution in [-0.4, -0.2) is 28.1 Å². The fourth-order valence-electron chi connectivity index (χ4n) is 1.43. The molecular formula is C10H15N3O2. The van der Waals surface area contributed by atoms with E-state index in [4.69, 9.17) is 5.11 Å². The number of rotatable bonds is 4. The molecule has 0 aliphatic rings. The SMILES string of the molecule is CCc1nc(NC)nc(CC)c1C(=O)O. The van der Waals surface area contributed by atoms with Gasteiger partial charge in [-0.2, -0.15) is 0 Å². The molecule has 0 unspecified atom stereocenters. The predicted octanol–water partition coefficient (Wildman–Crippen LogP) is 1.34. The third-order valence-corrected chi connectivity index (χ3v) is 2.17. The fourth-order valence-corrected chi connectivity index (χ4v) is 1.43. The number of nitrogens with one attached hydrogen (secondary N) is 1. The van der Waals surface area contributed by atoms with Crippen LogP contribution in [-0.2, 0) is 12.8 Å². The van der Waals surface area contributed by atoms with Crippen molar-refractivity contribution in [3.8, 4) is 0 Å². The Balaban J connectivity index is 3.39. The maximum Gasteiger partial charge on any atom is 0.339 e. The van der Waals surface area contributed by atoms with Gasteiger partial charge in [0.05, 0.1) is 11.4 Å². The molecule has 0 aliphatic heterocycles. The molecule has 1 heterocycles. The molecule has 0 spiro atoms. The average Bonchev–Trinajstić information content (AvgIpc) is 2.26. The fraction of sp³-hybridized carbons (Fsp3) is 0.500. The van der Waals surface area contributed by atoms with Gasteiger partial charge in [0.25, 0.3) is 0 Å². The lowest BCUT2D eigenvalue weighted by Crippen LogP contribution is -2.13. The van der Waals surface area contributed by atoms with Gasteiger partial charge < -0.3 is 10.4 Å². The van der Waals surface area contributed by atoms with Gasteiger partial charge >= 0.3 is 5.97 Å². The maximum absolute atomic E-state index is 11.1. The summed E-state index contributed by atoms with van der Waals surface area (Å²) < 4.78 is 0. The van der Waals surface area contributed by atoms with E-state index in [1.165, 1.54) is 0 Å². The molecule has 1 aromatic heterocycles. The Morgan fingerprint density at radius 3 is 2.00 bits per heavy atom. The van der Waals surface area contributed by atoms with Crippen molar-refractivity contribution in [2.75, 3.05) is 12.4 Å². The Morgan fingerprint density at radius 2 is 1.73 bits per heavy atom. The van der Waals surface area contributed by atoms with Crippen molar-refractivity contribution in [1.82, 2.24) is 9.97 Å². The third kappa shape index (κ3) is 2.23. The molecule has 0 radical (unpaired) electrons. The first kappa shape index (κ1) is 11.4. The van der Waals surface area contributed by atoms with E-state index in [1.807, 2.05) is 13.8 Å². The third-order valence-electron chi connectivity index (χ3n) is 2.17. The smallest absolute Gasteiger partial charge is 0.339 e. The lowest BCUT2D eigenvalue weighted by molar-refractivity contribution is 0.0693. The molecule has 0 bridgehead atoms. The molecule has 1 aromatic rings. The van der Waals surface area contributed by atoms with Crippen LogP contribution in [0.5, 0.6) is 0 Å². The van der Waals surface area contributed by atoms with E-state index in [0.717, 1.165) is 0 Å². The minimum Gasteiger partial charge on any atom is -0.478 e. The van der Waals surface area contributed by atoms with Gasteiger partial charge in [-0.15, -0.1) is 0 Å². The van der Waals surface area contributed by atoms with Crippen molar-refractivity contribution in [1.29, 1.82) is 0 Å². The highest BCUT2D eigenvalue weighted by molar-refractivity contribution is 5.90. The summed E-state index contributed by atoms with van der Waals surface area (Å²) in [5.74, 6) is -0.472. The van der Waals surface area contributed by atoms with E-state index in [1.54, 1.807) is 7.05 Å². The lowest BCUT2D eigenvalue weighted by atomic mass is 10.1. The molecule has 15 heavy (non-hydrogen) atoms. The van der Waals surface area contributed by atoms with Crippen LogP contribution in [0, 0.1) is 0 Å². The van der Waals surface area contributed by atoms with Crippen LogP contribution in [0.15, 0.2) is 0 Å². The average molecular weight is 209 g/mol. The van der Waals surface area contributed by atoms with E-state index < -0.39 is 5.97 Å². The Hall–Kier alpha value is -1.65. The Kier molecular flexibility index (Phi) is 3.60. The zero-order valence-electron chi connectivity index (χ0n) is 9.16. The van der Waals surface area contributed by atoms with Crippen LogP contribution < -0.4 is 5.32 Å². The van der Waals surface area contributed by atoms with E-state index >= 15 is 0 Å². The zero-order valence-corrected chi connectivity index (χ0v) is 9.16. The molecule has 5 heteroatoms. The molecule has 0 saturated heterocycles. The summed E-state index contributed by atoms with van der Waals surface area (Å²) in [4.78, 5) is 19.3. The molecule has 0 aromatic carbocycles. The normalized spacial score (nSPS) is 10.1. The summed E-state index contributed by atoms with van der Waals surface area (Å²) in [6.45, 7) is 3.77. The maximum atomic E-state index is 11.1. The summed E-state index contributed by atoms with van der Waals surface area (Å²) in [6.07, 6.45) is 1.18. The van der Waals surface area contributed by atoms with Crippen LogP contribution in [0.1, 0.15) is 35.6 Å². The number of aromatic nitrogens is 2. The van der Waals surface area contributed by atoms with Crippen LogP contribution in [0.4, 0.5) is 5.95 Å². The number of nitrogens with zero attached hydrogens (tertiary/aromatic N) is 2. The number of carbonyl (C=O) groups is 1. The van der Waals surface area contributed by atoms with E-state index in [9.17, 15) is 4.79 Å². The molecule has 0 aliphatic carbocycles. The number of aryl methyl sites for hydroxylation is 2. The molecular weight excluding hydrogens is 194 g/mol. The minimum atomic E-state index is -0.952. The first-order valence-corrected chi connectivity index (χ1v) is 4.94. The highest BCUT2D eigenvalue weighted by Gasteiger charge is 2.17. The second-order valence-corrected chi connectivity index (χ2v) is 3.08. The minimum absolute atomic E-state index is 0.249. The highest BCUT2D eigenvalue weighted by atomic mass is 16.4. The summed E-state index contributed by atoms with van der Waals surface area (Å²) in [6, 6.07) is 0. The number of anilines is 1. The standard InChI is InChI=1S/C10H15N3O2/c1-4-6-8(9(14)15)7(5-2)13-10(11-3)12-6/h4-5H2,1-3H3,(H,14,15)(H,11,12,13). The topological polar surface area (TPSA) is 75.1 Å². The largest absolute Gasteiger partial charge is 0.478 e. The molecule has 0 saturated carbocycles. The summed E-state index contributed by atoms with van der Waals surface area (Å²) in [7, 11) is 1.72. The molecule has 2 N–H and O–H groups in total. The van der Waals surface area contributed by atoms with Gasteiger partial charge in [0.1, 0.15) is 5.56 Å². The van der Waals surface area contributed by atoms with Gasteiger partial charge in [0.15, 0.2) is 0 Å². The van der Waals surface area contributed by atoms with Gasteiger partial charge in [0.2, 0.25) is 5.95 Å². The molecule has 82 valence electrons. The van der Waals surface area contributed by atoms with Crippen molar-refractivity contribution >= 4 is 11.9 Å². The summed E-state index contributed by atoms with van der Waals surface area (Å²) in [5, 5.41) is 11.9. The molecule has 0 fully saturated rings. The monoisotopic (exact) mass is 209 g/mol. The van der Waals surface area contributed by atoms with Crippen LogP contribution >= 0.6 is 0 Å². The van der Waals surface area contributed by atoms with Gasteiger partial charge in [-0.1, -0.05) is 13.8 Å². The number of carboxylic acids is 1. The van der Waals surface area contributed by atoms with Crippen molar-refractivity contribution in [3.63, 3.8) is 0 Å². The number of aromatic carboxylic acids is 1. The Bertz CT molecular complexity index is 352. The van der Waals surface area contributed by atoms with Crippen LogP contribution in [0.25, 0.3) is 0 Å². The lowest BCUT2D eigenvalue weighted by Gasteiger charge is -2.09. The second kappa shape index (κ2) is 4.72. The van der Waals surface area contributed by atoms with Gasteiger partial charge in [-0.25, -0.2) is 14.8 Å². The summed E-state index contributed by atoms with van der Waals surface area (Å²) in [5.41, 5.74) is 1.41. The van der Waals surface area contributed by atoms with Crippen molar-refractivity contribution in [3.05, 3.63) is 17.0 Å². The number of hydrogen-bond donors (Lipinski definition) is 2. The molecule has 1 rings (SSSR count). The first-order valence-electron chi connectivity index (χ1n) is 4.94. The Morgan fingerprint density at radius 1 is 1.27 bits per heavy atom. The Labute approximate surface area is 88.6 Å². The van der Waals surface area contributed by atoms with Gasteiger partial charge in [0, 0.05) is 7.05 Å². The van der Waals surface area contributed by atoms with Crippen molar-refractivity contribution in [2.24, 2.45) is 0 Å². The van der Waals surface area contributed by atoms with Gasteiger partial charge in [-0.3, -0.25) is 0 Å². The quantitative estimate of drug-likeness (QED) is 0.782. The number of carboxylic acid groups (broad SMARTS) is 1. The molecule has 5 nitrogen and oxygen atoms in total. The zero-order chi connectivity index (χ0) is 11.4. The first-order chi connectivity index (χ1) is 7.13. The van der Waals surface area contributed by atoms with Crippen molar-refractivity contribution in [2.45, 2.75) is 26.7 Å². The summed E-state index contributed by atoms with van der Waals surface area (Å²) >= 11 is 0. The number of hydrogen-bond acceptors (Lipinski definition) is 4. The molecule has 0 atom stereocenters. The van der Waals surface area contributed by atoms with Crippen LogP contribution in [0.2, 0.25) is 0 Å². The van der Waals surface area contributed by atoms with E-state index in [2.05, 4.69) is 15.3 Å². The highest BCUT2D eigenvalue weighted by Crippen LogP contribution is 2.15. The van der Waals surface area contributed by atoms with Gasteiger partial charge in [-0.05, 0) is 12.8 Å². The van der Waals surface area contributed by atoms with E-state index in [-0.39, 0.29) is 5.56 Å². The van der Waals surface area contributed by atoms with E-state index in [0.29, 0.717) is 30.2 Å². The second-order valence-electron chi connectivity index (χ2n) is 3.08. The van der Waals surface area contributed by atoms with Crippen molar-refractivity contribution < 1.29 is 9.90 Å². The predicted molar refractivity (Wildman–Crippen MR) is 57.3 cm³/mol. The molecule has 0 amide bonds. The van der Waals surface area contributed by atoms with Crippen LogP contribution in [0.3, 0.4) is 0 Å².